The van der Waals surface area contributed by atoms with E-state index in [1.807, 2.05) is 19.1 Å². The Labute approximate surface area is 144 Å². The van der Waals surface area contributed by atoms with Crippen LogP contribution in [0.3, 0.4) is 0 Å². The molecule has 7 heteroatoms. The van der Waals surface area contributed by atoms with E-state index >= 15 is 0 Å². The largest absolute Gasteiger partial charge is 0.497 e. The number of nitrogens with zero attached hydrogens (tertiary/aromatic N) is 1. The number of hydrogen-bond acceptors (Lipinski definition) is 4. The molecule has 128 valence electrons. The number of carbonyl (C=O) groups is 2. The van der Waals surface area contributed by atoms with Crippen LogP contribution in [0.1, 0.15) is 18.5 Å². The Balaban J connectivity index is 1.62. The van der Waals surface area contributed by atoms with E-state index < -0.39 is 11.8 Å². The van der Waals surface area contributed by atoms with Crippen molar-refractivity contribution in [2.45, 2.75) is 13.0 Å². The number of benzene rings is 2. The van der Waals surface area contributed by atoms with Gasteiger partial charge < -0.3 is 20.4 Å². The number of rotatable bonds is 4. The van der Waals surface area contributed by atoms with Crippen molar-refractivity contribution >= 4 is 28.5 Å². The van der Waals surface area contributed by atoms with E-state index in [1.54, 1.807) is 43.8 Å². The zero-order valence-electron chi connectivity index (χ0n) is 13.9. The lowest BCUT2D eigenvalue weighted by Gasteiger charge is -2.14. The number of anilines is 1. The monoisotopic (exact) mass is 338 g/mol. The molecule has 3 N–H and O–H groups in total. The Morgan fingerprint density at radius 1 is 1.12 bits per heavy atom. The van der Waals surface area contributed by atoms with Gasteiger partial charge in [-0.2, -0.15) is 0 Å². The minimum atomic E-state index is -0.723. The van der Waals surface area contributed by atoms with Crippen LogP contribution in [0.5, 0.6) is 5.75 Å². The van der Waals surface area contributed by atoms with Crippen molar-refractivity contribution in [3.05, 3.63) is 54.4 Å². The fraction of sp³-hybridized carbons (Fsp3) is 0.167. The molecule has 0 aliphatic carbocycles. The number of imidazole rings is 1. The van der Waals surface area contributed by atoms with E-state index in [0.717, 1.165) is 22.3 Å². The summed E-state index contributed by atoms with van der Waals surface area (Å²) in [7, 11) is 1.59. The van der Waals surface area contributed by atoms with Crippen LogP contribution < -0.4 is 15.4 Å². The molecule has 0 aliphatic rings. The van der Waals surface area contributed by atoms with Crippen molar-refractivity contribution < 1.29 is 14.3 Å². The van der Waals surface area contributed by atoms with Crippen LogP contribution >= 0.6 is 0 Å². The van der Waals surface area contributed by atoms with Gasteiger partial charge in [-0.1, -0.05) is 12.1 Å². The molecule has 0 aliphatic heterocycles. The Morgan fingerprint density at radius 2 is 1.88 bits per heavy atom. The summed E-state index contributed by atoms with van der Waals surface area (Å²) in [5.41, 5.74) is 2.97. The summed E-state index contributed by atoms with van der Waals surface area (Å²) < 4.78 is 5.10. The van der Waals surface area contributed by atoms with E-state index in [9.17, 15) is 9.59 Å². The maximum absolute atomic E-state index is 12.1. The number of aromatic amines is 1. The number of aromatic nitrogens is 2. The molecule has 1 unspecified atom stereocenters. The zero-order chi connectivity index (χ0) is 17.8. The topological polar surface area (TPSA) is 96.1 Å². The highest BCUT2D eigenvalue weighted by Gasteiger charge is 2.17. The maximum Gasteiger partial charge on any atom is 0.313 e. The Kier molecular flexibility index (Phi) is 4.65. The van der Waals surface area contributed by atoms with Crippen molar-refractivity contribution in [1.29, 1.82) is 0 Å². The lowest BCUT2D eigenvalue weighted by Crippen LogP contribution is -2.36. The fourth-order valence-corrected chi connectivity index (χ4v) is 2.44. The normalized spacial score (nSPS) is 11.8. The fourth-order valence-electron chi connectivity index (χ4n) is 2.44. The third kappa shape index (κ3) is 3.77. The van der Waals surface area contributed by atoms with Gasteiger partial charge >= 0.3 is 11.8 Å². The molecule has 1 atom stereocenters. The molecule has 7 nitrogen and oxygen atoms in total. The molecule has 2 aromatic carbocycles. The van der Waals surface area contributed by atoms with Crippen molar-refractivity contribution in [2.75, 3.05) is 12.4 Å². The number of ether oxygens (including phenoxy) is 1. The first kappa shape index (κ1) is 16.5. The van der Waals surface area contributed by atoms with Crippen LogP contribution in [-0.4, -0.2) is 28.9 Å². The van der Waals surface area contributed by atoms with Gasteiger partial charge in [0.05, 0.1) is 30.5 Å². The minimum absolute atomic E-state index is 0.306. The van der Waals surface area contributed by atoms with Crippen LogP contribution in [0.4, 0.5) is 5.69 Å². The van der Waals surface area contributed by atoms with Gasteiger partial charge in [-0.3, -0.25) is 9.59 Å². The summed E-state index contributed by atoms with van der Waals surface area (Å²) in [6.45, 7) is 1.81. The highest BCUT2D eigenvalue weighted by atomic mass is 16.5. The summed E-state index contributed by atoms with van der Waals surface area (Å²) in [4.78, 5) is 31.2. The number of carbonyl (C=O) groups excluding carboxylic acids is 2. The molecule has 0 radical (unpaired) electrons. The summed E-state index contributed by atoms with van der Waals surface area (Å²) in [6, 6.07) is 12.2. The van der Waals surface area contributed by atoms with Crippen molar-refractivity contribution in [3.8, 4) is 5.75 Å². The van der Waals surface area contributed by atoms with Crippen LogP contribution in [-0.2, 0) is 9.59 Å². The smallest absolute Gasteiger partial charge is 0.313 e. The van der Waals surface area contributed by atoms with Gasteiger partial charge in [-0.05, 0) is 42.8 Å². The number of hydrogen-bond donors (Lipinski definition) is 3. The predicted molar refractivity (Wildman–Crippen MR) is 94.3 cm³/mol. The Morgan fingerprint density at radius 3 is 2.60 bits per heavy atom. The van der Waals surface area contributed by atoms with Gasteiger partial charge in [0.15, 0.2) is 0 Å². The lowest BCUT2D eigenvalue weighted by molar-refractivity contribution is -0.136. The SMILES string of the molecule is COc1ccc(C(C)NC(=O)C(=O)Nc2ccc3nc[nH]c3c2)cc1. The molecule has 1 aromatic heterocycles. The van der Waals surface area contributed by atoms with Crippen LogP contribution in [0.2, 0.25) is 0 Å². The van der Waals surface area contributed by atoms with Crippen molar-refractivity contribution in [2.24, 2.45) is 0 Å². The second-order valence-corrected chi connectivity index (χ2v) is 5.56. The molecule has 0 saturated carbocycles. The highest BCUT2D eigenvalue weighted by molar-refractivity contribution is 6.39. The second kappa shape index (κ2) is 7.04. The molecule has 2 amide bonds. The van der Waals surface area contributed by atoms with Gasteiger partial charge in [-0.15, -0.1) is 0 Å². The maximum atomic E-state index is 12.1. The van der Waals surface area contributed by atoms with Gasteiger partial charge in [0.1, 0.15) is 5.75 Å². The highest BCUT2D eigenvalue weighted by Crippen LogP contribution is 2.18. The Hall–Kier alpha value is -3.35. The van der Waals surface area contributed by atoms with Crippen LogP contribution in [0.25, 0.3) is 11.0 Å². The van der Waals surface area contributed by atoms with Gasteiger partial charge in [0, 0.05) is 5.69 Å². The third-order valence-corrected chi connectivity index (χ3v) is 3.85. The first-order valence-electron chi connectivity index (χ1n) is 7.76. The molecule has 0 bridgehead atoms. The molecule has 3 rings (SSSR count). The lowest BCUT2D eigenvalue weighted by atomic mass is 10.1. The molecule has 0 saturated heterocycles. The van der Waals surface area contributed by atoms with E-state index in [1.165, 1.54) is 0 Å². The average Bonchev–Trinajstić information content (AvgIpc) is 3.09. The molecule has 0 spiro atoms. The minimum Gasteiger partial charge on any atom is -0.497 e. The van der Waals surface area contributed by atoms with Gasteiger partial charge in [-0.25, -0.2) is 4.98 Å². The summed E-state index contributed by atoms with van der Waals surface area (Å²) in [5.74, 6) is -0.693. The number of amides is 2. The van der Waals surface area contributed by atoms with Crippen molar-refractivity contribution in [3.63, 3.8) is 0 Å². The standard InChI is InChI=1S/C18H18N4O3/c1-11(12-3-6-14(25-2)7-4-12)21-17(23)18(24)22-13-5-8-15-16(9-13)20-10-19-15/h3-11H,1-2H3,(H,19,20)(H,21,23)(H,22,24). The molecule has 1 heterocycles. The predicted octanol–water partition coefficient (Wildman–Crippen LogP) is 2.39. The van der Waals surface area contributed by atoms with Crippen molar-refractivity contribution in [1.82, 2.24) is 15.3 Å². The molecular weight excluding hydrogens is 320 g/mol. The summed E-state index contributed by atoms with van der Waals surface area (Å²) in [5, 5.41) is 5.25. The van der Waals surface area contributed by atoms with E-state index in [4.69, 9.17) is 4.74 Å². The number of methoxy groups -OCH3 is 1. The van der Waals surface area contributed by atoms with E-state index in [0.29, 0.717) is 5.69 Å². The van der Waals surface area contributed by atoms with Crippen LogP contribution in [0.15, 0.2) is 48.8 Å². The van der Waals surface area contributed by atoms with E-state index in [-0.39, 0.29) is 6.04 Å². The van der Waals surface area contributed by atoms with Gasteiger partial charge in [0.2, 0.25) is 0 Å². The molecule has 0 fully saturated rings. The summed E-state index contributed by atoms with van der Waals surface area (Å²) >= 11 is 0. The van der Waals surface area contributed by atoms with E-state index in [2.05, 4.69) is 20.6 Å². The molecule has 25 heavy (non-hydrogen) atoms. The number of nitrogens with one attached hydrogen (secondary N) is 3. The quantitative estimate of drug-likeness (QED) is 0.636. The number of fused-ring (bicyclic) bond motifs is 1. The molecular formula is C18H18N4O3. The number of H-pyrrole nitrogens is 1. The zero-order valence-corrected chi connectivity index (χ0v) is 13.9. The molecule has 3 aromatic rings. The third-order valence-electron chi connectivity index (χ3n) is 3.85. The first-order chi connectivity index (χ1) is 12.1. The van der Waals surface area contributed by atoms with Crippen LogP contribution in [0, 0.1) is 0 Å². The Bertz CT molecular complexity index is 902. The second-order valence-electron chi connectivity index (χ2n) is 5.56. The summed E-state index contributed by atoms with van der Waals surface area (Å²) in [6.07, 6.45) is 1.57. The van der Waals surface area contributed by atoms with Gasteiger partial charge in [0.25, 0.3) is 0 Å². The average molecular weight is 338 g/mol. The first-order valence-corrected chi connectivity index (χ1v) is 7.76.